The molecule has 20 heavy (non-hydrogen) atoms. The highest BCUT2D eigenvalue weighted by Gasteiger charge is 2.13. The van der Waals surface area contributed by atoms with Crippen molar-refractivity contribution in [3.8, 4) is 0 Å². The van der Waals surface area contributed by atoms with Gasteiger partial charge in [-0.2, -0.15) is 8.42 Å². The van der Waals surface area contributed by atoms with Gasteiger partial charge in [-0.25, -0.2) is 0 Å². The van der Waals surface area contributed by atoms with E-state index in [9.17, 15) is 13.2 Å². The molecule has 124 valence electrons. The van der Waals surface area contributed by atoms with Crippen molar-refractivity contribution in [3.05, 3.63) is 0 Å². The Kier molecular flexibility index (Phi) is 14.8. The number of carbonyl (C=O) groups excluding carboxylic acids is 1. The van der Waals surface area contributed by atoms with Gasteiger partial charge in [0.2, 0.25) is 0 Å². The van der Waals surface area contributed by atoms with Crippen molar-refractivity contribution in [1.29, 1.82) is 0 Å². The Morgan fingerprint density at radius 3 is 1.75 bits per heavy atom. The number of hydrogen-bond donors (Lipinski definition) is 1. The number of hydrogen-bond acceptors (Lipinski definition) is 6. The number of rotatable bonds is 4. The second-order valence-corrected chi connectivity index (χ2v) is 6.71. The Morgan fingerprint density at radius 1 is 1.25 bits per heavy atom. The number of carbonyl (C=O) groups is 1. The number of ether oxygens (including phenoxy) is 1. The van der Waals surface area contributed by atoms with Crippen molar-refractivity contribution in [2.75, 3.05) is 20.0 Å². The maximum Gasteiger partial charge on any atom is 0.322 e. The quantitative estimate of drug-likeness (QED) is 0.629. The van der Waals surface area contributed by atoms with E-state index in [0.29, 0.717) is 6.42 Å². The third-order valence-electron chi connectivity index (χ3n) is 1.65. The van der Waals surface area contributed by atoms with Crippen LogP contribution in [0.15, 0.2) is 0 Å². The van der Waals surface area contributed by atoms with Gasteiger partial charge in [-0.15, -0.1) is 0 Å². The molecule has 0 radical (unpaired) electrons. The number of nitrogens with two attached hydrogens (primary N) is 1. The molecule has 0 aliphatic carbocycles. The highest BCUT2D eigenvalue weighted by atomic mass is 32.2. The van der Waals surface area contributed by atoms with Crippen LogP contribution in [0, 0.1) is 5.41 Å². The zero-order valence-corrected chi connectivity index (χ0v) is 14.8. The first kappa shape index (κ1) is 24.4. The number of methoxy groups -OCH3 is 1. The van der Waals surface area contributed by atoms with E-state index in [2.05, 4.69) is 8.92 Å². The molecule has 0 saturated carbocycles. The summed E-state index contributed by atoms with van der Waals surface area (Å²) in [6, 6.07) is -0.444. The van der Waals surface area contributed by atoms with Crippen LogP contribution in [0.3, 0.4) is 0 Å². The molecule has 0 fully saturated rings. The molecule has 0 saturated heterocycles. The van der Waals surface area contributed by atoms with Crippen molar-refractivity contribution < 1.29 is 22.1 Å². The first-order valence-corrected chi connectivity index (χ1v) is 8.42. The van der Waals surface area contributed by atoms with Crippen LogP contribution in [0.4, 0.5) is 0 Å². The van der Waals surface area contributed by atoms with E-state index in [-0.39, 0.29) is 18.0 Å². The molecule has 6 nitrogen and oxygen atoms in total. The van der Waals surface area contributed by atoms with Crippen LogP contribution in [0.2, 0.25) is 0 Å². The van der Waals surface area contributed by atoms with Crippen LogP contribution in [0.1, 0.15) is 48.0 Å². The Balaban J connectivity index is -0.000000262. The molecule has 0 aliphatic rings. The monoisotopic (exact) mass is 313 g/mol. The Hall–Kier alpha value is -0.660. The average Bonchev–Trinajstić information content (AvgIpc) is 2.36. The standard InChI is InChI=1S/C6H14O3S.C5H11NO2.C2H6/c1-6(2,3)5-9-10(4,7)8;1-3-4(6)5(7)8-2;1-2/h5H2,1-4H3;4H,3,6H2,1-2H3;1-2H3. The van der Waals surface area contributed by atoms with E-state index in [4.69, 9.17) is 5.73 Å². The van der Waals surface area contributed by atoms with Gasteiger partial charge < -0.3 is 10.5 Å². The van der Waals surface area contributed by atoms with Crippen LogP contribution >= 0.6 is 0 Å². The largest absolute Gasteiger partial charge is 0.468 e. The molecule has 7 heteroatoms. The van der Waals surface area contributed by atoms with Crippen molar-refractivity contribution in [1.82, 2.24) is 0 Å². The zero-order chi connectivity index (χ0) is 17.0. The van der Waals surface area contributed by atoms with Gasteiger partial charge in [-0.1, -0.05) is 41.5 Å². The van der Waals surface area contributed by atoms with E-state index in [1.54, 1.807) is 0 Å². The maximum absolute atomic E-state index is 10.5. The predicted molar refractivity (Wildman–Crippen MR) is 81.9 cm³/mol. The summed E-state index contributed by atoms with van der Waals surface area (Å²) >= 11 is 0. The summed E-state index contributed by atoms with van der Waals surface area (Å²) < 4.78 is 29.8. The molecule has 2 N–H and O–H groups in total. The molecule has 0 rings (SSSR count). The lowest BCUT2D eigenvalue weighted by Gasteiger charge is -2.16. The third kappa shape index (κ3) is 22.5. The second kappa shape index (κ2) is 12.1. The minimum Gasteiger partial charge on any atom is -0.468 e. The van der Waals surface area contributed by atoms with Crippen molar-refractivity contribution in [2.45, 2.75) is 54.0 Å². The van der Waals surface area contributed by atoms with Crippen LogP contribution in [0.5, 0.6) is 0 Å². The maximum atomic E-state index is 10.5. The van der Waals surface area contributed by atoms with E-state index in [1.165, 1.54) is 7.11 Å². The van der Waals surface area contributed by atoms with Gasteiger partial charge in [0, 0.05) is 0 Å². The summed E-state index contributed by atoms with van der Waals surface area (Å²) in [5.41, 5.74) is 5.16. The zero-order valence-electron chi connectivity index (χ0n) is 14.0. The molecule has 0 aromatic heterocycles. The molecule has 0 spiro atoms. The molecule has 0 aromatic carbocycles. The van der Waals surface area contributed by atoms with Crippen LogP contribution in [0.25, 0.3) is 0 Å². The first-order valence-electron chi connectivity index (χ1n) is 6.60. The van der Waals surface area contributed by atoms with Gasteiger partial charge in [-0.3, -0.25) is 8.98 Å². The lowest BCUT2D eigenvalue weighted by Crippen LogP contribution is -2.30. The van der Waals surface area contributed by atoms with Gasteiger partial charge in [0.25, 0.3) is 10.1 Å². The number of esters is 1. The van der Waals surface area contributed by atoms with Gasteiger partial charge in [-0.05, 0) is 11.8 Å². The predicted octanol–water partition coefficient (Wildman–Crippen LogP) is 1.93. The van der Waals surface area contributed by atoms with E-state index >= 15 is 0 Å². The summed E-state index contributed by atoms with van der Waals surface area (Å²) in [6.45, 7) is 11.8. The van der Waals surface area contributed by atoms with Gasteiger partial charge >= 0.3 is 5.97 Å². The normalized spacial score (nSPS) is 12.2. The minimum absolute atomic E-state index is 0.0942. The van der Waals surface area contributed by atoms with Crippen molar-refractivity contribution >= 4 is 16.1 Å². The fourth-order valence-electron chi connectivity index (χ4n) is 0.602. The van der Waals surface area contributed by atoms with Crippen molar-refractivity contribution in [3.63, 3.8) is 0 Å². The molecule has 0 amide bonds. The third-order valence-corrected chi connectivity index (χ3v) is 2.20. The van der Waals surface area contributed by atoms with E-state index < -0.39 is 16.2 Å². The topological polar surface area (TPSA) is 95.7 Å². The molecule has 0 aromatic rings. The fraction of sp³-hybridized carbons (Fsp3) is 0.923. The highest BCUT2D eigenvalue weighted by Crippen LogP contribution is 2.13. The lowest BCUT2D eigenvalue weighted by atomic mass is 9.99. The summed E-state index contributed by atoms with van der Waals surface area (Å²) in [5, 5.41) is 0. The van der Waals surface area contributed by atoms with E-state index in [1.807, 2.05) is 41.5 Å². The van der Waals surface area contributed by atoms with Crippen LogP contribution in [-0.4, -0.2) is 40.4 Å². The smallest absolute Gasteiger partial charge is 0.322 e. The second-order valence-electron chi connectivity index (χ2n) is 5.06. The molecular formula is C13H31NO5S. The first-order chi connectivity index (χ1) is 8.93. The van der Waals surface area contributed by atoms with Gasteiger partial charge in [0.05, 0.1) is 20.0 Å². The Bertz CT molecular complexity index is 333. The molecule has 1 unspecified atom stereocenters. The average molecular weight is 313 g/mol. The minimum atomic E-state index is -3.26. The lowest BCUT2D eigenvalue weighted by molar-refractivity contribution is -0.142. The molecular weight excluding hydrogens is 282 g/mol. The summed E-state index contributed by atoms with van der Waals surface area (Å²) in [7, 11) is -1.93. The Labute approximate surface area is 124 Å². The SMILES string of the molecule is CC.CC(C)(C)COS(C)(=O)=O.CCC(N)C(=O)OC. The summed E-state index contributed by atoms with van der Waals surface area (Å²) in [6.07, 6.45) is 1.69. The molecule has 0 bridgehead atoms. The van der Waals surface area contributed by atoms with Crippen LogP contribution in [-0.2, 0) is 23.8 Å². The highest BCUT2D eigenvalue weighted by molar-refractivity contribution is 7.85. The molecule has 0 heterocycles. The molecule has 1 atom stereocenters. The van der Waals surface area contributed by atoms with E-state index in [0.717, 1.165) is 6.26 Å². The fourth-order valence-corrected chi connectivity index (χ4v) is 1.17. The Morgan fingerprint density at radius 2 is 1.65 bits per heavy atom. The summed E-state index contributed by atoms with van der Waals surface area (Å²) in [4.78, 5) is 10.4. The van der Waals surface area contributed by atoms with Crippen molar-refractivity contribution in [2.24, 2.45) is 11.1 Å². The summed E-state index contributed by atoms with van der Waals surface area (Å²) in [5.74, 6) is -0.340. The van der Waals surface area contributed by atoms with Gasteiger partial charge in [0.15, 0.2) is 0 Å². The van der Waals surface area contributed by atoms with Crippen LogP contribution < -0.4 is 5.73 Å². The van der Waals surface area contributed by atoms with Gasteiger partial charge in [0.1, 0.15) is 6.04 Å². The molecule has 0 aliphatic heterocycles.